The molecule has 1 saturated heterocycles. The van der Waals surface area contributed by atoms with E-state index in [4.69, 9.17) is 4.74 Å². The van der Waals surface area contributed by atoms with E-state index in [0.717, 1.165) is 6.42 Å². The van der Waals surface area contributed by atoms with Crippen molar-refractivity contribution in [3.63, 3.8) is 0 Å². The Morgan fingerprint density at radius 2 is 2.05 bits per heavy atom. The molecule has 0 aliphatic carbocycles. The van der Waals surface area contributed by atoms with Gasteiger partial charge in [-0.25, -0.2) is 4.79 Å². The van der Waals surface area contributed by atoms with Crippen molar-refractivity contribution in [1.29, 1.82) is 0 Å². The van der Waals surface area contributed by atoms with Gasteiger partial charge in [0, 0.05) is 6.54 Å². The monoisotopic (exact) mass is 285 g/mol. The first-order valence-electron chi connectivity index (χ1n) is 6.83. The van der Waals surface area contributed by atoms with Crippen LogP contribution < -0.4 is 10.6 Å². The van der Waals surface area contributed by atoms with Crippen LogP contribution in [0.4, 0.5) is 4.79 Å². The van der Waals surface area contributed by atoms with Crippen molar-refractivity contribution in [3.8, 4) is 0 Å². The van der Waals surface area contributed by atoms with E-state index in [1.54, 1.807) is 4.90 Å². The third-order valence-corrected chi connectivity index (χ3v) is 3.11. The van der Waals surface area contributed by atoms with E-state index in [2.05, 4.69) is 10.6 Å². The molecular weight excluding hydrogens is 262 g/mol. The molecule has 1 rings (SSSR count). The minimum Gasteiger partial charge on any atom is -0.468 e. The van der Waals surface area contributed by atoms with Crippen molar-refractivity contribution < 1.29 is 19.1 Å². The molecule has 0 aromatic rings. The summed E-state index contributed by atoms with van der Waals surface area (Å²) in [6, 6.07) is -0.887. The summed E-state index contributed by atoms with van der Waals surface area (Å²) in [4.78, 5) is 36.5. The molecule has 1 atom stereocenters. The summed E-state index contributed by atoms with van der Waals surface area (Å²) < 4.78 is 4.70. The maximum Gasteiger partial charge on any atom is 0.323 e. The Morgan fingerprint density at radius 1 is 1.35 bits per heavy atom. The van der Waals surface area contributed by atoms with Crippen LogP contribution in [-0.4, -0.2) is 55.6 Å². The average molecular weight is 285 g/mol. The van der Waals surface area contributed by atoms with Gasteiger partial charge in [-0.05, 0) is 25.3 Å². The molecule has 0 aromatic carbocycles. The van der Waals surface area contributed by atoms with E-state index < -0.39 is 11.9 Å². The van der Waals surface area contributed by atoms with Crippen LogP contribution in [-0.2, 0) is 14.3 Å². The van der Waals surface area contributed by atoms with Gasteiger partial charge in [0.25, 0.3) is 0 Å². The summed E-state index contributed by atoms with van der Waals surface area (Å²) in [5.41, 5.74) is 0. The third kappa shape index (κ3) is 5.16. The number of likely N-dealkylation sites (tertiary alicyclic amines) is 1. The fourth-order valence-electron chi connectivity index (χ4n) is 2.11. The Morgan fingerprint density at radius 3 is 2.65 bits per heavy atom. The predicted octanol–water partition coefficient (Wildman–Crippen LogP) is 0.106. The Balaban J connectivity index is 2.38. The van der Waals surface area contributed by atoms with Crippen molar-refractivity contribution in [1.82, 2.24) is 15.5 Å². The van der Waals surface area contributed by atoms with Crippen LogP contribution in [0.2, 0.25) is 0 Å². The zero-order valence-electron chi connectivity index (χ0n) is 12.3. The molecule has 2 N–H and O–H groups in total. The van der Waals surface area contributed by atoms with Crippen LogP contribution in [0.3, 0.4) is 0 Å². The van der Waals surface area contributed by atoms with E-state index in [0.29, 0.717) is 25.4 Å². The van der Waals surface area contributed by atoms with E-state index in [1.165, 1.54) is 7.11 Å². The molecule has 0 saturated carbocycles. The lowest BCUT2D eigenvalue weighted by atomic mass is 10.2. The number of imide groups is 1. The predicted molar refractivity (Wildman–Crippen MR) is 73.0 cm³/mol. The quantitative estimate of drug-likeness (QED) is 0.700. The van der Waals surface area contributed by atoms with Gasteiger partial charge in [-0.15, -0.1) is 0 Å². The number of nitrogens with zero attached hydrogens (tertiary/aromatic N) is 1. The molecule has 114 valence electrons. The molecule has 7 heteroatoms. The fraction of sp³-hybridized carbons (Fsp3) is 0.769. The van der Waals surface area contributed by atoms with Crippen LogP contribution in [0.5, 0.6) is 0 Å². The maximum atomic E-state index is 11.7. The van der Waals surface area contributed by atoms with E-state index in [1.807, 2.05) is 13.8 Å². The minimum absolute atomic E-state index is 0.0227. The largest absolute Gasteiger partial charge is 0.468 e. The lowest BCUT2D eigenvalue weighted by molar-refractivity contribution is -0.146. The lowest BCUT2D eigenvalue weighted by Crippen LogP contribution is -2.47. The highest BCUT2D eigenvalue weighted by atomic mass is 16.5. The standard InChI is InChI=1S/C13H23N3O4/c1-9(2)7-14-13(19)15-11(17)8-16-6-4-5-10(16)12(18)20-3/h9-10H,4-8H2,1-3H3,(H2,14,15,17,19). The SMILES string of the molecule is COC(=O)C1CCCN1CC(=O)NC(=O)NCC(C)C. The van der Waals surface area contributed by atoms with E-state index >= 15 is 0 Å². The summed E-state index contributed by atoms with van der Waals surface area (Å²) >= 11 is 0. The van der Waals surface area contributed by atoms with Gasteiger partial charge in [0.05, 0.1) is 13.7 Å². The molecule has 0 aromatic heterocycles. The maximum absolute atomic E-state index is 11.7. The number of esters is 1. The normalized spacial score (nSPS) is 18.9. The van der Waals surface area contributed by atoms with Gasteiger partial charge in [0.2, 0.25) is 5.91 Å². The first-order valence-corrected chi connectivity index (χ1v) is 6.83. The van der Waals surface area contributed by atoms with Crippen molar-refractivity contribution in [2.75, 3.05) is 26.7 Å². The Kier molecular flexibility index (Phi) is 6.44. The van der Waals surface area contributed by atoms with Crippen LogP contribution >= 0.6 is 0 Å². The van der Waals surface area contributed by atoms with Crippen LogP contribution in [0.25, 0.3) is 0 Å². The van der Waals surface area contributed by atoms with Crippen molar-refractivity contribution in [2.24, 2.45) is 5.92 Å². The molecule has 0 spiro atoms. The van der Waals surface area contributed by atoms with Crippen LogP contribution in [0.15, 0.2) is 0 Å². The molecule has 7 nitrogen and oxygen atoms in total. The summed E-state index contributed by atoms with van der Waals surface area (Å²) in [5, 5.41) is 4.86. The molecular formula is C13H23N3O4. The van der Waals surface area contributed by atoms with Gasteiger partial charge in [0.15, 0.2) is 0 Å². The van der Waals surface area contributed by atoms with Gasteiger partial charge < -0.3 is 10.1 Å². The molecule has 0 radical (unpaired) electrons. The number of carbonyl (C=O) groups excluding carboxylic acids is 3. The van der Waals surface area contributed by atoms with E-state index in [-0.39, 0.29) is 18.6 Å². The number of carbonyl (C=O) groups is 3. The van der Waals surface area contributed by atoms with Crippen LogP contribution in [0.1, 0.15) is 26.7 Å². The van der Waals surface area contributed by atoms with Gasteiger partial charge in [-0.1, -0.05) is 13.8 Å². The second kappa shape index (κ2) is 7.84. The van der Waals surface area contributed by atoms with Gasteiger partial charge in [-0.3, -0.25) is 19.8 Å². The number of hydrogen-bond donors (Lipinski definition) is 2. The highest BCUT2D eigenvalue weighted by Gasteiger charge is 2.32. The molecule has 1 unspecified atom stereocenters. The van der Waals surface area contributed by atoms with Gasteiger partial charge in [-0.2, -0.15) is 0 Å². The number of hydrogen-bond acceptors (Lipinski definition) is 5. The zero-order valence-corrected chi connectivity index (χ0v) is 12.3. The Hall–Kier alpha value is -1.63. The van der Waals surface area contributed by atoms with Crippen molar-refractivity contribution in [3.05, 3.63) is 0 Å². The zero-order chi connectivity index (χ0) is 15.1. The van der Waals surface area contributed by atoms with Crippen LogP contribution in [0, 0.1) is 5.92 Å². The average Bonchev–Trinajstić information content (AvgIpc) is 2.83. The number of amides is 3. The highest BCUT2D eigenvalue weighted by Crippen LogP contribution is 2.17. The van der Waals surface area contributed by atoms with Crippen molar-refractivity contribution in [2.45, 2.75) is 32.7 Å². The Bertz CT molecular complexity index is 371. The molecule has 1 aliphatic rings. The molecule has 1 heterocycles. The lowest BCUT2D eigenvalue weighted by Gasteiger charge is -2.21. The number of rotatable bonds is 5. The third-order valence-electron chi connectivity index (χ3n) is 3.11. The summed E-state index contributed by atoms with van der Waals surface area (Å²) in [7, 11) is 1.33. The second-order valence-corrected chi connectivity index (χ2v) is 5.30. The Labute approximate surface area is 119 Å². The number of methoxy groups -OCH3 is 1. The fourth-order valence-corrected chi connectivity index (χ4v) is 2.11. The summed E-state index contributed by atoms with van der Waals surface area (Å²) in [5.74, 6) is -0.431. The number of nitrogens with one attached hydrogen (secondary N) is 2. The first-order chi connectivity index (χ1) is 9.43. The summed E-state index contributed by atoms with van der Waals surface area (Å²) in [6.07, 6.45) is 1.52. The first kappa shape index (κ1) is 16.4. The second-order valence-electron chi connectivity index (χ2n) is 5.30. The molecule has 20 heavy (non-hydrogen) atoms. The smallest absolute Gasteiger partial charge is 0.323 e. The summed E-state index contributed by atoms with van der Waals surface area (Å²) in [6.45, 7) is 5.11. The number of ether oxygens (including phenoxy) is 1. The topological polar surface area (TPSA) is 87.7 Å². The molecule has 3 amide bonds. The van der Waals surface area contributed by atoms with Crippen molar-refractivity contribution >= 4 is 17.9 Å². The highest BCUT2D eigenvalue weighted by molar-refractivity contribution is 5.95. The number of urea groups is 1. The van der Waals surface area contributed by atoms with E-state index in [9.17, 15) is 14.4 Å². The molecule has 1 aliphatic heterocycles. The molecule has 1 fully saturated rings. The van der Waals surface area contributed by atoms with Gasteiger partial charge >= 0.3 is 12.0 Å². The minimum atomic E-state index is -0.502. The molecule has 0 bridgehead atoms. The van der Waals surface area contributed by atoms with Gasteiger partial charge in [0.1, 0.15) is 6.04 Å².